The van der Waals surface area contributed by atoms with Crippen LogP contribution in [0.15, 0.2) is 84.9 Å². The third kappa shape index (κ3) is 3.20. The molecule has 3 rings (SSSR count). The van der Waals surface area contributed by atoms with Crippen LogP contribution in [0.25, 0.3) is 0 Å². The van der Waals surface area contributed by atoms with E-state index in [1.807, 2.05) is 12.1 Å². The smallest absolute Gasteiger partial charge is 0.122 e. The second-order valence-corrected chi connectivity index (χ2v) is 5.39. The van der Waals surface area contributed by atoms with E-state index in [4.69, 9.17) is 4.74 Å². The molecule has 1 unspecified atom stereocenters. The standard InChI is InChI=1S/C21H20O/c1-22-21-15-9-8-14-19(21)20(18-12-6-3-7-13-18)16-17-10-4-2-5-11-17/h2-15,20H,16H2,1H3. The predicted molar refractivity (Wildman–Crippen MR) is 91.4 cm³/mol. The van der Waals surface area contributed by atoms with Crippen LogP contribution < -0.4 is 4.74 Å². The minimum atomic E-state index is 0.291. The molecule has 0 aliphatic rings. The van der Waals surface area contributed by atoms with Crippen LogP contribution in [-0.2, 0) is 6.42 Å². The molecule has 0 N–H and O–H groups in total. The second kappa shape index (κ2) is 6.95. The number of para-hydroxylation sites is 1. The Morgan fingerprint density at radius 2 is 1.32 bits per heavy atom. The monoisotopic (exact) mass is 288 g/mol. The van der Waals surface area contributed by atoms with Gasteiger partial charge in [0, 0.05) is 11.5 Å². The van der Waals surface area contributed by atoms with Crippen molar-refractivity contribution in [1.29, 1.82) is 0 Å². The van der Waals surface area contributed by atoms with Crippen molar-refractivity contribution in [3.8, 4) is 5.75 Å². The molecule has 0 spiro atoms. The van der Waals surface area contributed by atoms with Gasteiger partial charge in [0.1, 0.15) is 5.75 Å². The lowest BCUT2D eigenvalue weighted by atomic mass is 9.85. The largest absolute Gasteiger partial charge is 0.496 e. The fourth-order valence-electron chi connectivity index (χ4n) is 2.90. The Morgan fingerprint density at radius 1 is 0.727 bits per heavy atom. The highest BCUT2D eigenvalue weighted by molar-refractivity contribution is 5.43. The van der Waals surface area contributed by atoms with Crippen LogP contribution in [0, 0.1) is 0 Å². The van der Waals surface area contributed by atoms with Crippen molar-refractivity contribution in [3.63, 3.8) is 0 Å². The SMILES string of the molecule is COc1ccccc1C(Cc1ccccc1)c1ccccc1. The number of ether oxygens (including phenoxy) is 1. The normalized spacial score (nSPS) is 11.9. The first kappa shape index (κ1) is 14.4. The van der Waals surface area contributed by atoms with Gasteiger partial charge >= 0.3 is 0 Å². The van der Waals surface area contributed by atoms with Gasteiger partial charge in [-0.2, -0.15) is 0 Å². The van der Waals surface area contributed by atoms with Crippen molar-refractivity contribution >= 4 is 0 Å². The van der Waals surface area contributed by atoms with Crippen molar-refractivity contribution < 1.29 is 4.74 Å². The Hall–Kier alpha value is -2.54. The van der Waals surface area contributed by atoms with Crippen LogP contribution in [0.3, 0.4) is 0 Å². The number of rotatable bonds is 5. The molecule has 1 heteroatoms. The first-order valence-corrected chi connectivity index (χ1v) is 7.60. The van der Waals surface area contributed by atoms with Crippen LogP contribution >= 0.6 is 0 Å². The van der Waals surface area contributed by atoms with E-state index < -0.39 is 0 Å². The van der Waals surface area contributed by atoms with Gasteiger partial charge in [-0.05, 0) is 23.6 Å². The third-order valence-electron chi connectivity index (χ3n) is 4.00. The number of methoxy groups -OCH3 is 1. The highest BCUT2D eigenvalue weighted by Gasteiger charge is 2.18. The highest BCUT2D eigenvalue weighted by Crippen LogP contribution is 2.34. The van der Waals surface area contributed by atoms with Crippen LogP contribution in [0.1, 0.15) is 22.6 Å². The van der Waals surface area contributed by atoms with E-state index in [1.54, 1.807) is 7.11 Å². The molecule has 0 heterocycles. The number of benzene rings is 3. The summed E-state index contributed by atoms with van der Waals surface area (Å²) in [6.07, 6.45) is 0.964. The molecule has 0 saturated carbocycles. The van der Waals surface area contributed by atoms with Crippen LogP contribution in [-0.4, -0.2) is 7.11 Å². The summed E-state index contributed by atoms with van der Waals surface area (Å²) < 4.78 is 5.59. The number of hydrogen-bond acceptors (Lipinski definition) is 1. The van der Waals surface area contributed by atoms with E-state index in [1.165, 1.54) is 16.7 Å². The molecular weight excluding hydrogens is 268 g/mol. The van der Waals surface area contributed by atoms with E-state index in [0.717, 1.165) is 12.2 Å². The molecule has 1 nitrogen and oxygen atoms in total. The van der Waals surface area contributed by atoms with Crippen molar-refractivity contribution in [2.75, 3.05) is 7.11 Å². The van der Waals surface area contributed by atoms with Gasteiger partial charge in [0.25, 0.3) is 0 Å². The van der Waals surface area contributed by atoms with E-state index in [0.29, 0.717) is 5.92 Å². The summed E-state index contributed by atoms with van der Waals surface area (Å²) in [5, 5.41) is 0. The molecule has 0 aliphatic carbocycles. The van der Waals surface area contributed by atoms with Crippen molar-refractivity contribution in [2.24, 2.45) is 0 Å². The molecular formula is C21H20O. The van der Waals surface area contributed by atoms with E-state index in [9.17, 15) is 0 Å². The Kier molecular flexibility index (Phi) is 4.55. The molecule has 3 aromatic rings. The second-order valence-electron chi connectivity index (χ2n) is 5.39. The summed E-state index contributed by atoms with van der Waals surface area (Å²) in [4.78, 5) is 0. The van der Waals surface area contributed by atoms with Gasteiger partial charge in [-0.1, -0.05) is 78.9 Å². The van der Waals surface area contributed by atoms with Gasteiger partial charge in [0.05, 0.1) is 7.11 Å². The van der Waals surface area contributed by atoms with Crippen LogP contribution in [0.5, 0.6) is 5.75 Å². The summed E-state index contributed by atoms with van der Waals surface area (Å²) in [7, 11) is 1.74. The molecule has 0 aliphatic heterocycles. The highest BCUT2D eigenvalue weighted by atomic mass is 16.5. The maximum atomic E-state index is 5.59. The average Bonchev–Trinajstić information content (AvgIpc) is 2.61. The van der Waals surface area contributed by atoms with Gasteiger partial charge in [0.15, 0.2) is 0 Å². The van der Waals surface area contributed by atoms with Gasteiger partial charge in [-0.15, -0.1) is 0 Å². The Balaban J connectivity index is 2.03. The molecule has 3 aromatic carbocycles. The van der Waals surface area contributed by atoms with E-state index in [-0.39, 0.29) is 0 Å². The Bertz CT molecular complexity index is 704. The van der Waals surface area contributed by atoms with Crippen molar-refractivity contribution in [2.45, 2.75) is 12.3 Å². The minimum Gasteiger partial charge on any atom is -0.496 e. The Morgan fingerprint density at radius 3 is 2.00 bits per heavy atom. The fraction of sp³-hybridized carbons (Fsp3) is 0.143. The molecule has 110 valence electrons. The summed E-state index contributed by atoms with van der Waals surface area (Å²) in [5.74, 6) is 1.24. The quantitative estimate of drug-likeness (QED) is 0.637. The molecule has 0 aromatic heterocycles. The van der Waals surface area contributed by atoms with E-state index in [2.05, 4.69) is 72.8 Å². The molecule has 0 fully saturated rings. The van der Waals surface area contributed by atoms with Crippen molar-refractivity contribution in [1.82, 2.24) is 0 Å². The zero-order chi connectivity index (χ0) is 15.2. The van der Waals surface area contributed by atoms with Gasteiger partial charge in [-0.3, -0.25) is 0 Å². The minimum absolute atomic E-state index is 0.291. The number of hydrogen-bond donors (Lipinski definition) is 0. The van der Waals surface area contributed by atoms with Crippen molar-refractivity contribution in [3.05, 3.63) is 102 Å². The van der Waals surface area contributed by atoms with Gasteiger partial charge in [-0.25, -0.2) is 0 Å². The fourth-order valence-corrected chi connectivity index (χ4v) is 2.90. The predicted octanol–water partition coefficient (Wildman–Crippen LogP) is 5.07. The van der Waals surface area contributed by atoms with E-state index >= 15 is 0 Å². The first-order chi connectivity index (χ1) is 10.9. The topological polar surface area (TPSA) is 9.23 Å². The summed E-state index contributed by atoms with van der Waals surface area (Å²) >= 11 is 0. The zero-order valence-electron chi connectivity index (χ0n) is 12.8. The van der Waals surface area contributed by atoms with Crippen LogP contribution in [0.2, 0.25) is 0 Å². The maximum absolute atomic E-state index is 5.59. The molecule has 0 radical (unpaired) electrons. The molecule has 22 heavy (non-hydrogen) atoms. The van der Waals surface area contributed by atoms with Crippen LogP contribution in [0.4, 0.5) is 0 Å². The average molecular weight is 288 g/mol. The lowest BCUT2D eigenvalue weighted by Gasteiger charge is -2.20. The zero-order valence-corrected chi connectivity index (χ0v) is 12.8. The van der Waals surface area contributed by atoms with Gasteiger partial charge in [0.2, 0.25) is 0 Å². The third-order valence-corrected chi connectivity index (χ3v) is 4.00. The van der Waals surface area contributed by atoms with Gasteiger partial charge < -0.3 is 4.74 Å². The summed E-state index contributed by atoms with van der Waals surface area (Å²) in [6, 6.07) is 29.6. The molecule has 0 bridgehead atoms. The first-order valence-electron chi connectivity index (χ1n) is 7.60. The molecule has 0 saturated heterocycles. The lowest BCUT2D eigenvalue weighted by Crippen LogP contribution is -2.07. The lowest BCUT2D eigenvalue weighted by molar-refractivity contribution is 0.407. The molecule has 0 amide bonds. The maximum Gasteiger partial charge on any atom is 0.122 e. The Labute approximate surface area is 132 Å². The summed E-state index contributed by atoms with van der Waals surface area (Å²) in [6.45, 7) is 0. The summed E-state index contributed by atoms with van der Waals surface area (Å²) in [5.41, 5.74) is 3.89. The molecule has 1 atom stereocenters.